The number of amides is 1. The second-order valence-electron chi connectivity index (χ2n) is 4.29. The molecule has 0 radical (unpaired) electrons. The molecule has 0 aliphatic carbocycles. The van der Waals surface area contributed by atoms with Crippen LogP contribution in [0, 0.1) is 5.82 Å². The monoisotopic (exact) mass is 262 g/mol. The van der Waals surface area contributed by atoms with Gasteiger partial charge in [0.05, 0.1) is 5.69 Å². The van der Waals surface area contributed by atoms with Crippen LogP contribution in [0.25, 0.3) is 5.69 Å². The Balaban J connectivity index is 2.44. The fourth-order valence-electron chi connectivity index (χ4n) is 1.77. The smallest absolute Gasteiger partial charge is 0.273 e. The summed E-state index contributed by atoms with van der Waals surface area (Å²) >= 11 is 0. The summed E-state index contributed by atoms with van der Waals surface area (Å²) in [5.41, 5.74) is 6.76. The zero-order valence-electron chi connectivity index (χ0n) is 10.8. The molecule has 2 rings (SSSR count). The van der Waals surface area contributed by atoms with Gasteiger partial charge in [0.1, 0.15) is 5.82 Å². The molecular weight excluding hydrogens is 247 g/mol. The van der Waals surface area contributed by atoms with E-state index in [0.29, 0.717) is 16.9 Å². The van der Waals surface area contributed by atoms with Gasteiger partial charge in [-0.25, -0.2) is 9.07 Å². The van der Waals surface area contributed by atoms with Crippen molar-refractivity contribution in [1.82, 2.24) is 14.7 Å². The predicted octanol–water partition coefficient (Wildman–Crippen LogP) is 1.17. The molecule has 19 heavy (non-hydrogen) atoms. The lowest BCUT2D eigenvalue weighted by Gasteiger charge is -2.09. The fraction of sp³-hybridized carbons (Fsp3) is 0.231. The number of carbonyl (C=O) groups is 1. The molecule has 5 nitrogen and oxygen atoms in total. The van der Waals surface area contributed by atoms with E-state index in [9.17, 15) is 9.18 Å². The van der Waals surface area contributed by atoms with Crippen LogP contribution < -0.4 is 5.73 Å². The number of aromatic nitrogens is 2. The Morgan fingerprint density at radius 1 is 1.42 bits per heavy atom. The second-order valence-corrected chi connectivity index (χ2v) is 4.29. The Morgan fingerprint density at radius 3 is 2.79 bits per heavy atom. The first-order chi connectivity index (χ1) is 9.04. The number of carbonyl (C=O) groups excluding carboxylic acids is 1. The standard InChI is InChI=1S/C13H15FN4O/c1-17(2)13(19)11-6-7-18(16-11)12-5-3-4-10(14)9(12)8-15/h3-7H,8,15H2,1-2H3. The van der Waals surface area contributed by atoms with Gasteiger partial charge >= 0.3 is 0 Å². The number of nitrogens with zero attached hydrogens (tertiary/aromatic N) is 3. The summed E-state index contributed by atoms with van der Waals surface area (Å²) in [5.74, 6) is -0.583. The van der Waals surface area contributed by atoms with Crippen molar-refractivity contribution in [2.24, 2.45) is 5.73 Å². The fourth-order valence-corrected chi connectivity index (χ4v) is 1.77. The van der Waals surface area contributed by atoms with Crippen molar-refractivity contribution in [1.29, 1.82) is 0 Å². The molecule has 0 aliphatic rings. The molecule has 6 heteroatoms. The Hall–Kier alpha value is -2.21. The maximum Gasteiger partial charge on any atom is 0.273 e. The van der Waals surface area contributed by atoms with Crippen LogP contribution in [0.1, 0.15) is 16.1 Å². The van der Waals surface area contributed by atoms with Crippen LogP contribution in [0.4, 0.5) is 4.39 Å². The molecule has 0 spiro atoms. The molecule has 1 aromatic heterocycles. The molecule has 1 aromatic carbocycles. The summed E-state index contributed by atoms with van der Waals surface area (Å²) < 4.78 is 15.1. The number of nitrogens with two attached hydrogens (primary N) is 1. The van der Waals surface area contributed by atoms with Gasteiger partial charge in [0.25, 0.3) is 5.91 Å². The molecule has 0 fully saturated rings. The minimum absolute atomic E-state index is 0.0683. The van der Waals surface area contributed by atoms with Crippen LogP contribution in [-0.4, -0.2) is 34.7 Å². The summed E-state index contributed by atoms with van der Waals surface area (Å²) in [4.78, 5) is 13.2. The second kappa shape index (κ2) is 5.19. The van der Waals surface area contributed by atoms with Crippen molar-refractivity contribution in [3.8, 4) is 5.69 Å². The summed E-state index contributed by atoms with van der Waals surface area (Å²) in [6.07, 6.45) is 1.62. The quantitative estimate of drug-likeness (QED) is 0.903. The molecule has 0 aliphatic heterocycles. The number of rotatable bonds is 3. The highest BCUT2D eigenvalue weighted by Gasteiger charge is 2.14. The van der Waals surface area contributed by atoms with Crippen molar-refractivity contribution in [3.63, 3.8) is 0 Å². The lowest BCUT2D eigenvalue weighted by molar-refractivity contribution is 0.0821. The van der Waals surface area contributed by atoms with Crippen LogP contribution in [-0.2, 0) is 6.54 Å². The van der Waals surface area contributed by atoms with Crippen LogP contribution in [0.3, 0.4) is 0 Å². The molecule has 0 unspecified atom stereocenters. The topological polar surface area (TPSA) is 64.2 Å². The van der Waals surface area contributed by atoms with Crippen molar-refractivity contribution in [2.75, 3.05) is 14.1 Å². The molecule has 100 valence electrons. The highest BCUT2D eigenvalue weighted by molar-refractivity contribution is 5.91. The summed E-state index contributed by atoms with van der Waals surface area (Å²) in [7, 11) is 3.30. The molecule has 2 N–H and O–H groups in total. The first kappa shape index (κ1) is 13.2. The van der Waals surface area contributed by atoms with Crippen LogP contribution in [0.2, 0.25) is 0 Å². The maximum atomic E-state index is 13.6. The third-order valence-corrected chi connectivity index (χ3v) is 2.76. The average molecular weight is 262 g/mol. The highest BCUT2D eigenvalue weighted by atomic mass is 19.1. The number of benzene rings is 1. The zero-order valence-corrected chi connectivity index (χ0v) is 10.8. The summed E-state index contributed by atoms with van der Waals surface area (Å²) in [6.45, 7) is 0.0683. The van der Waals surface area contributed by atoms with Crippen LogP contribution >= 0.6 is 0 Å². The van der Waals surface area contributed by atoms with Gasteiger partial charge in [0.15, 0.2) is 5.69 Å². The molecule has 0 atom stereocenters. The Labute approximate surface area is 110 Å². The minimum Gasteiger partial charge on any atom is -0.343 e. The maximum absolute atomic E-state index is 13.6. The van der Waals surface area contributed by atoms with E-state index in [0.717, 1.165) is 0 Å². The normalized spacial score (nSPS) is 10.5. The van der Waals surface area contributed by atoms with E-state index in [1.807, 2.05) is 0 Å². The van der Waals surface area contributed by atoms with Gasteiger partial charge in [0.2, 0.25) is 0 Å². The SMILES string of the molecule is CN(C)C(=O)c1ccn(-c2cccc(F)c2CN)n1. The largest absolute Gasteiger partial charge is 0.343 e. The van der Waals surface area contributed by atoms with Gasteiger partial charge in [-0.05, 0) is 18.2 Å². The van der Waals surface area contributed by atoms with Crippen LogP contribution in [0.5, 0.6) is 0 Å². The number of hydrogen-bond donors (Lipinski definition) is 1. The summed E-state index contributed by atoms with van der Waals surface area (Å²) in [6, 6.07) is 6.23. The van der Waals surface area contributed by atoms with E-state index in [1.165, 1.54) is 15.6 Å². The molecule has 1 amide bonds. The molecule has 0 saturated carbocycles. The Kier molecular flexibility index (Phi) is 3.62. The lowest BCUT2D eigenvalue weighted by Crippen LogP contribution is -2.22. The van der Waals surface area contributed by atoms with Crippen LogP contribution in [0.15, 0.2) is 30.5 Å². The van der Waals surface area contributed by atoms with E-state index in [2.05, 4.69) is 5.10 Å². The first-order valence-electron chi connectivity index (χ1n) is 5.79. The van der Waals surface area contributed by atoms with Gasteiger partial charge in [-0.2, -0.15) is 5.10 Å². The third-order valence-electron chi connectivity index (χ3n) is 2.76. The highest BCUT2D eigenvalue weighted by Crippen LogP contribution is 2.17. The van der Waals surface area contributed by atoms with Crippen molar-refractivity contribution < 1.29 is 9.18 Å². The molecule has 2 aromatic rings. The van der Waals surface area contributed by atoms with E-state index >= 15 is 0 Å². The third kappa shape index (κ3) is 2.48. The van der Waals surface area contributed by atoms with Gasteiger partial charge in [0, 0.05) is 32.4 Å². The average Bonchev–Trinajstić information content (AvgIpc) is 2.86. The Morgan fingerprint density at radius 2 is 2.16 bits per heavy atom. The van der Waals surface area contributed by atoms with E-state index < -0.39 is 0 Å². The molecule has 1 heterocycles. The molecule has 0 bridgehead atoms. The van der Waals surface area contributed by atoms with E-state index in [1.54, 1.807) is 38.5 Å². The van der Waals surface area contributed by atoms with Crippen molar-refractivity contribution in [2.45, 2.75) is 6.54 Å². The zero-order chi connectivity index (χ0) is 14.0. The molecular formula is C13H15FN4O. The first-order valence-corrected chi connectivity index (χ1v) is 5.79. The van der Waals surface area contributed by atoms with E-state index in [-0.39, 0.29) is 18.3 Å². The van der Waals surface area contributed by atoms with Crippen molar-refractivity contribution >= 4 is 5.91 Å². The Bertz CT molecular complexity index is 606. The number of halogens is 1. The summed E-state index contributed by atoms with van der Waals surface area (Å²) in [5, 5.41) is 4.15. The lowest BCUT2D eigenvalue weighted by atomic mass is 10.1. The predicted molar refractivity (Wildman–Crippen MR) is 69.4 cm³/mol. The minimum atomic E-state index is -0.379. The van der Waals surface area contributed by atoms with E-state index in [4.69, 9.17) is 5.73 Å². The van der Waals surface area contributed by atoms with Crippen molar-refractivity contribution in [3.05, 3.63) is 47.5 Å². The van der Waals surface area contributed by atoms with Gasteiger partial charge in [-0.15, -0.1) is 0 Å². The van der Waals surface area contributed by atoms with Gasteiger partial charge in [-0.1, -0.05) is 6.07 Å². The number of hydrogen-bond acceptors (Lipinski definition) is 3. The van der Waals surface area contributed by atoms with Gasteiger partial charge < -0.3 is 10.6 Å². The molecule has 0 saturated heterocycles. The van der Waals surface area contributed by atoms with Gasteiger partial charge in [-0.3, -0.25) is 4.79 Å².